The molecule has 0 fully saturated rings. The minimum Gasteiger partial charge on any atom is -0.267 e. The molecule has 5 nitrogen and oxygen atoms in total. The normalized spacial score (nSPS) is 10.5. The second-order valence-corrected chi connectivity index (χ2v) is 4.72. The van der Waals surface area contributed by atoms with Crippen molar-refractivity contribution in [1.82, 2.24) is 9.78 Å². The number of nitro groups is 1. The van der Waals surface area contributed by atoms with Crippen LogP contribution in [0.15, 0.2) is 35.1 Å². The van der Waals surface area contributed by atoms with Gasteiger partial charge < -0.3 is 0 Å². The fourth-order valence-corrected chi connectivity index (χ4v) is 1.92. The Bertz CT molecular complexity index is 570. The first kappa shape index (κ1) is 12.1. The Hall–Kier alpha value is -1.40. The summed E-state index contributed by atoms with van der Waals surface area (Å²) in [5.74, 6) is 0. The van der Waals surface area contributed by atoms with E-state index in [4.69, 9.17) is 11.6 Å². The summed E-state index contributed by atoms with van der Waals surface area (Å²) in [7, 11) is 0. The predicted octanol–water partition coefficient (Wildman–Crippen LogP) is 3.26. The Kier molecular flexibility index (Phi) is 3.44. The summed E-state index contributed by atoms with van der Waals surface area (Å²) in [6, 6.07) is 4.72. The van der Waals surface area contributed by atoms with Crippen molar-refractivity contribution in [2.45, 2.75) is 6.54 Å². The third-order valence-electron chi connectivity index (χ3n) is 2.15. The van der Waals surface area contributed by atoms with Gasteiger partial charge in [0, 0.05) is 12.3 Å². The van der Waals surface area contributed by atoms with Crippen LogP contribution in [0.2, 0.25) is 5.02 Å². The highest BCUT2D eigenvalue weighted by Gasteiger charge is 2.12. The molecule has 0 amide bonds. The lowest BCUT2D eigenvalue weighted by atomic mass is 10.2. The molecule has 7 heteroatoms. The summed E-state index contributed by atoms with van der Waals surface area (Å²) in [5.41, 5.74) is 0.687. The summed E-state index contributed by atoms with van der Waals surface area (Å²) >= 11 is 9.01. The molecule has 0 saturated carbocycles. The number of nitro benzene ring substituents is 1. The highest BCUT2D eigenvalue weighted by atomic mass is 79.9. The Morgan fingerprint density at radius 1 is 1.53 bits per heavy atom. The molecule has 1 aromatic heterocycles. The van der Waals surface area contributed by atoms with E-state index in [0.717, 1.165) is 10.0 Å². The van der Waals surface area contributed by atoms with Gasteiger partial charge >= 0.3 is 0 Å². The standard InChI is InChI=1S/C10H7BrClN3O2/c11-8-4-13-14(6-8)5-7-1-2-9(12)10(3-7)15(16)17/h1-4,6H,5H2. The van der Waals surface area contributed by atoms with E-state index >= 15 is 0 Å². The van der Waals surface area contributed by atoms with E-state index in [2.05, 4.69) is 21.0 Å². The summed E-state index contributed by atoms with van der Waals surface area (Å²) in [6.45, 7) is 0.462. The van der Waals surface area contributed by atoms with Gasteiger partial charge in [0.15, 0.2) is 0 Å². The molecule has 0 atom stereocenters. The molecule has 88 valence electrons. The molecule has 2 rings (SSSR count). The maximum atomic E-state index is 10.7. The molecule has 1 aromatic carbocycles. The van der Waals surface area contributed by atoms with E-state index in [9.17, 15) is 10.1 Å². The van der Waals surface area contributed by atoms with Crippen molar-refractivity contribution in [2.24, 2.45) is 0 Å². The average molecular weight is 317 g/mol. The van der Waals surface area contributed by atoms with Gasteiger partial charge in [-0.2, -0.15) is 5.10 Å². The van der Waals surface area contributed by atoms with E-state index in [1.807, 2.05) is 0 Å². The van der Waals surface area contributed by atoms with Crippen LogP contribution in [0.1, 0.15) is 5.56 Å². The highest BCUT2D eigenvalue weighted by molar-refractivity contribution is 9.10. The fraction of sp³-hybridized carbons (Fsp3) is 0.100. The molecular formula is C10H7BrClN3O2. The fourth-order valence-electron chi connectivity index (χ4n) is 1.41. The molecule has 0 bridgehead atoms. The Morgan fingerprint density at radius 3 is 2.88 bits per heavy atom. The van der Waals surface area contributed by atoms with Gasteiger partial charge in [-0.25, -0.2) is 0 Å². The van der Waals surface area contributed by atoms with Crippen LogP contribution >= 0.6 is 27.5 Å². The molecule has 0 aliphatic rings. The summed E-state index contributed by atoms with van der Waals surface area (Å²) in [5, 5.41) is 14.9. The number of nitrogens with zero attached hydrogens (tertiary/aromatic N) is 3. The minimum absolute atomic E-state index is 0.0876. The topological polar surface area (TPSA) is 61.0 Å². The SMILES string of the molecule is O=[N+]([O-])c1cc(Cn2cc(Br)cn2)ccc1Cl. The first-order valence-corrected chi connectivity index (χ1v) is 5.84. The number of benzene rings is 1. The molecule has 0 spiro atoms. The maximum absolute atomic E-state index is 10.7. The summed E-state index contributed by atoms with van der Waals surface area (Å²) < 4.78 is 2.54. The van der Waals surface area contributed by atoms with Crippen LogP contribution in [0.25, 0.3) is 0 Å². The number of aromatic nitrogens is 2. The molecule has 0 aliphatic carbocycles. The number of rotatable bonds is 3. The van der Waals surface area contributed by atoms with Crippen molar-refractivity contribution in [1.29, 1.82) is 0 Å². The average Bonchev–Trinajstić information content (AvgIpc) is 2.66. The second kappa shape index (κ2) is 4.85. The zero-order valence-corrected chi connectivity index (χ0v) is 10.8. The van der Waals surface area contributed by atoms with Crippen LogP contribution in [-0.2, 0) is 6.54 Å². The van der Waals surface area contributed by atoms with Crippen molar-refractivity contribution < 1.29 is 4.92 Å². The van der Waals surface area contributed by atoms with Gasteiger partial charge in [-0.15, -0.1) is 0 Å². The molecule has 2 aromatic rings. The van der Waals surface area contributed by atoms with E-state index in [1.54, 1.807) is 23.1 Å². The number of hydrogen-bond acceptors (Lipinski definition) is 3. The van der Waals surface area contributed by atoms with Crippen LogP contribution in [0.3, 0.4) is 0 Å². The first-order chi connectivity index (χ1) is 8.06. The molecule has 0 unspecified atom stereocenters. The van der Waals surface area contributed by atoms with Crippen molar-refractivity contribution >= 4 is 33.2 Å². The van der Waals surface area contributed by atoms with E-state index in [1.165, 1.54) is 12.1 Å². The maximum Gasteiger partial charge on any atom is 0.288 e. The number of halogens is 2. The quantitative estimate of drug-likeness (QED) is 0.645. The van der Waals surface area contributed by atoms with Gasteiger partial charge in [-0.3, -0.25) is 14.8 Å². The van der Waals surface area contributed by atoms with Gasteiger partial charge in [-0.1, -0.05) is 17.7 Å². The number of hydrogen-bond donors (Lipinski definition) is 0. The van der Waals surface area contributed by atoms with Gasteiger partial charge in [0.2, 0.25) is 0 Å². The zero-order valence-electron chi connectivity index (χ0n) is 8.51. The predicted molar refractivity (Wildman–Crippen MR) is 67.1 cm³/mol. The van der Waals surface area contributed by atoms with Gasteiger partial charge in [0.1, 0.15) is 5.02 Å². The summed E-state index contributed by atoms with van der Waals surface area (Å²) in [4.78, 5) is 10.2. The van der Waals surface area contributed by atoms with Crippen molar-refractivity contribution in [3.8, 4) is 0 Å². The third-order valence-corrected chi connectivity index (χ3v) is 2.88. The lowest BCUT2D eigenvalue weighted by molar-refractivity contribution is -0.384. The van der Waals surface area contributed by atoms with Crippen LogP contribution in [0.5, 0.6) is 0 Å². The third kappa shape index (κ3) is 2.83. The molecule has 0 N–H and O–H groups in total. The Balaban J connectivity index is 2.28. The van der Waals surface area contributed by atoms with Crippen LogP contribution < -0.4 is 0 Å². The van der Waals surface area contributed by atoms with Gasteiger partial charge in [0.05, 0.1) is 22.1 Å². The lowest BCUT2D eigenvalue weighted by Gasteiger charge is -2.02. The molecule has 0 saturated heterocycles. The Labute approximate surface area is 110 Å². The van der Waals surface area contributed by atoms with Crippen LogP contribution in [0, 0.1) is 10.1 Å². The van der Waals surface area contributed by atoms with Crippen molar-refractivity contribution in [3.63, 3.8) is 0 Å². The van der Waals surface area contributed by atoms with E-state index < -0.39 is 4.92 Å². The highest BCUT2D eigenvalue weighted by Crippen LogP contribution is 2.25. The molecule has 17 heavy (non-hydrogen) atoms. The van der Waals surface area contributed by atoms with E-state index in [-0.39, 0.29) is 10.7 Å². The zero-order chi connectivity index (χ0) is 12.4. The molecule has 0 aliphatic heterocycles. The minimum atomic E-state index is -0.495. The smallest absolute Gasteiger partial charge is 0.267 e. The molecular weight excluding hydrogens is 309 g/mol. The monoisotopic (exact) mass is 315 g/mol. The van der Waals surface area contributed by atoms with Gasteiger partial charge in [-0.05, 0) is 27.6 Å². The van der Waals surface area contributed by atoms with Crippen molar-refractivity contribution in [2.75, 3.05) is 0 Å². The van der Waals surface area contributed by atoms with Crippen molar-refractivity contribution in [3.05, 3.63) is 55.8 Å². The first-order valence-electron chi connectivity index (χ1n) is 4.67. The largest absolute Gasteiger partial charge is 0.288 e. The van der Waals surface area contributed by atoms with Crippen LogP contribution in [0.4, 0.5) is 5.69 Å². The van der Waals surface area contributed by atoms with Crippen LogP contribution in [-0.4, -0.2) is 14.7 Å². The summed E-state index contributed by atoms with van der Waals surface area (Å²) in [6.07, 6.45) is 3.45. The van der Waals surface area contributed by atoms with Gasteiger partial charge in [0.25, 0.3) is 5.69 Å². The second-order valence-electron chi connectivity index (χ2n) is 3.40. The Morgan fingerprint density at radius 2 is 2.29 bits per heavy atom. The lowest BCUT2D eigenvalue weighted by Crippen LogP contribution is -2.00. The molecule has 0 radical (unpaired) electrons. The van der Waals surface area contributed by atoms with E-state index in [0.29, 0.717) is 6.54 Å². The molecule has 1 heterocycles.